The SMILES string of the molecule is CCN(C(=O)C(C)CCl)c1ccncc1. The minimum atomic E-state index is -0.153. The highest BCUT2D eigenvalue weighted by molar-refractivity contribution is 6.19. The molecular formula is C11H15ClN2O. The smallest absolute Gasteiger partial charge is 0.231 e. The number of hydrogen-bond donors (Lipinski definition) is 0. The van der Waals surface area contributed by atoms with Gasteiger partial charge in [-0.2, -0.15) is 0 Å². The molecule has 82 valence electrons. The molecule has 1 aromatic heterocycles. The van der Waals surface area contributed by atoms with Gasteiger partial charge in [0.25, 0.3) is 0 Å². The average molecular weight is 227 g/mol. The topological polar surface area (TPSA) is 33.2 Å². The van der Waals surface area contributed by atoms with Crippen LogP contribution in [0.3, 0.4) is 0 Å². The summed E-state index contributed by atoms with van der Waals surface area (Å²) in [6, 6.07) is 3.64. The standard InChI is InChI=1S/C11H15ClN2O/c1-3-14(11(15)9(2)8-12)10-4-6-13-7-5-10/h4-7,9H,3,8H2,1-2H3. The lowest BCUT2D eigenvalue weighted by Gasteiger charge is -2.23. The first-order chi connectivity index (χ1) is 7.20. The predicted molar refractivity (Wildman–Crippen MR) is 62.1 cm³/mol. The second-order valence-corrected chi connectivity index (χ2v) is 3.65. The molecule has 1 atom stereocenters. The summed E-state index contributed by atoms with van der Waals surface area (Å²) < 4.78 is 0. The van der Waals surface area contributed by atoms with Gasteiger partial charge in [0.1, 0.15) is 0 Å². The van der Waals surface area contributed by atoms with Gasteiger partial charge >= 0.3 is 0 Å². The first kappa shape index (κ1) is 12.0. The van der Waals surface area contributed by atoms with Gasteiger partial charge in [0, 0.05) is 36.4 Å². The summed E-state index contributed by atoms with van der Waals surface area (Å²) in [5, 5.41) is 0. The van der Waals surface area contributed by atoms with E-state index >= 15 is 0 Å². The summed E-state index contributed by atoms with van der Waals surface area (Å²) in [5.74, 6) is 0.249. The third-order valence-corrected chi connectivity index (χ3v) is 2.67. The van der Waals surface area contributed by atoms with Crippen LogP contribution < -0.4 is 4.90 Å². The molecule has 1 rings (SSSR count). The highest BCUT2D eigenvalue weighted by atomic mass is 35.5. The van der Waals surface area contributed by atoms with Crippen LogP contribution in [0, 0.1) is 5.92 Å². The summed E-state index contributed by atoms with van der Waals surface area (Å²) in [7, 11) is 0. The molecule has 1 unspecified atom stereocenters. The van der Waals surface area contributed by atoms with Crippen molar-refractivity contribution in [2.45, 2.75) is 13.8 Å². The fourth-order valence-corrected chi connectivity index (χ4v) is 1.45. The molecule has 4 heteroatoms. The lowest BCUT2D eigenvalue weighted by molar-refractivity contribution is -0.121. The van der Waals surface area contributed by atoms with Gasteiger partial charge in [-0.05, 0) is 19.1 Å². The normalized spacial score (nSPS) is 12.2. The molecule has 0 N–H and O–H groups in total. The van der Waals surface area contributed by atoms with Gasteiger partial charge in [-0.25, -0.2) is 0 Å². The molecule has 1 heterocycles. The average Bonchev–Trinajstić information content (AvgIpc) is 2.30. The lowest BCUT2D eigenvalue weighted by Crippen LogP contribution is -2.35. The number of alkyl halides is 1. The Kier molecular flexibility index (Phi) is 4.56. The highest BCUT2D eigenvalue weighted by Gasteiger charge is 2.19. The molecule has 1 amide bonds. The number of carbonyl (C=O) groups is 1. The van der Waals surface area contributed by atoms with E-state index in [1.165, 1.54) is 0 Å². The number of rotatable bonds is 4. The van der Waals surface area contributed by atoms with Crippen LogP contribution in [-0.4, -0.2) is 23.3 Å². The van der Waals surface area contributed by atoms with Crippen molar-refractivity contribution in [3.05, 3.63) is 24.5 Å². The van der Waals surface area contributed by atoms with Crippen LogP contribution in [0.1, 0.15) is 13.8 Å². The molecule has 0 radical (unpaired) electrons. The fourth-order valence-electron chi connectivity index (χ4n) is 1.32. The van der Waals surface area contributed by atoms with Crippen molar-refractivity contribution >= 4 is 23.2 Å². The van der Waals surface area contributed by atoms with E-state index in [0.29, 0.717) is 12.4 Å². The van der Waals surface area contributed by atoms with E-state index in [0.717, 1.165) is 5.69 Å². The van der Waals surface area contributed by atoms with Gasteiger partial charge in [-0.3, -0.25) is 9.78 Å². The van der Waals surface area contributed by atoms with Crippen molar-refractivity contribution in [2.75, 3.05) is 17.3 Å². The van der Waals surface area contributed by atoms with Crippen molar-refractivity contribution in [2.24, 2.45) is 5.92 Å². The third-order valence-electron chi connectivity index (χ3n) is 2.21. The van der Waals surface area contributed by atoms with Crippen molar-refractivity contribution < 1.29 is 4.79 Å². The molecule has 0 saturated carbocycles. The molecule has 0 saturated heterocycles. The van der Waals surface area contributed by atoms with E-state index < -0.39 is 0 Å². The summed E-state index contributed by atoms with van der Waals surface area (Å²) in [6.07, 6.45) is 3.35. The van der Waals surface area contributed by atoms with Crippen LogP contribution in [0.4, 0.5) is 5.69 Å². The first-order valence-electron chi connectivity index (χ1n) is 4.98. The monoisotopic (exact) mass is 226 g/mol. The number of aromatic nitrogens is 1. The molecule has 1 aromatic rings. The molecule has 0 spiro atoms. The van der Waals surface area contributed by atoms with E-state index in [9.17, 15) is 4.79 Å². The lowest BCUT2D eigenvalue weighted by atomic mass is 10.1. The van der Waals surface area contributed by atoms with Crippen molar-refractivity contribution in [1.29, 1.82) is 0 Å². The Morgan fingerprint density at radius 1 is 1.53 bits per heavy atom. The minimum Gasteiger partial charge on any atom is -0.312 e. The Morgan fingerprint density at radius 2 is 2.13 bits per heavy atom. The number of hydrogen-bond acceptors (Lipinski definition) is 2. The Morgan fingerprint density at radius 3 is 2.60 bits per heavy atom. The van der Waals surface area contributed by atoms with Crippen LogP contribution in [0.25, 0.3) is 0 Å². The maximum atomic E-state index is 11.9. The van der Waals surface area contributed by atoms with E-state index in [1.54, 1.807) is 17.3 Å². The second kappa shape index (κ2) is 5.71. The molecule has 0 aliphatic carbocycles. The number of nitrogens with zero attached hydrogens (tertiary/aromatic N) is 2. The second-order valence-electron chi connectivity index (χ2n) is 3.34. The Hall–Kier alpha value is -1.09. The predicted octanol–water partition coefficient (Wildman–Crippen LogP) is 2.31. The minimum absolute atomic E-state index is 0.0544. The van der Waals surface area contributed by atoms with E-state index in [4.69, 9.17) is 11.6 Å². The largest absolute Gasteiger partial charge is 0.312 e. The molecule has 3 nitrogen and oxygen atoms in total. The molecule has 15 heavy (non-hydrogen) atoms. The van der Waals surface area contributed by atoms with Crippen molar-refractivity contribution in [1.82, 2.24) is 4.98 Å². The summed E-state index contributed by atoms with van der Waals surface area (Å²) >= 11 is 5.68. The van der Waals surface area contributed by atoms with Crippen molar-refractivity contribution in [3.8, 4) is 0 Å². The third kappa shape index (κ3) is 2.93. The van der Waals surface area contributed by atoms with Crippen LogP contribution in [-0.2, 0) is 4.79 Å². The number of carbonyl (C=O) groups excluding carboxylic acids is 1. The van der Waals surface area contributed by atoms with Gasteiger partial charge in [-0.1, -0.05) is 6.92 Å². The quantitative estimate of drug-likeness (QED) is 0.739. The van der Waals surface area contributed by atoms with Crippen LogP contribution >= 0.6 is 11.6 Å². The maximum absolute atomic E-state index is 11.9. The Labute approximate surface area is 95.1 Å². The van der Waals surface area contributed by atoms with Gasteiger partial charge in [0.15, 0.2) is 0 Å². The van der Waals surface area contributed by atoms with Gasteiger partial charge in [0.05, 0.1) is 0 Å². The highest BCUT2D eigenvalue weighted by Crippen LogP contribution is 2.15. The van der Waals surface area contributed by atoms with E-state index in [-0.39, 0.29) is 11.8 Å². The number of anilines is 1. The molecule has 0 aliphatic heterocycles. The Balaban J connectivity index is 2.85. The van der Waals surface area contributed by atoms with Gasteiger partial charge in [0.2, 0.25) is 5.91 Å². The van der Waals surface area contributed by atoms with Crippen molar-refractivity contribution in [3.63, 3.8) is 0 Å². The zero-order valence-electron chi connectivity index (χ0n) is 8.98. The molecule has 0 fully saturated rings. The number of pyridine rings is 1. The van der Waals surface area contributed by atoms with E-state index in [1.807, 2.05) is 26.0 Å². The van der Waals surface area contributed by atoms with Gasteiger partial charge < -0.3 is 4.90 Å². The zero-order valence-corrected chi connectivity index (χ0v) is 9.74. The van der Waals surface area contributed by atoms with E-state index in [2.05, 4.69) is 4.98 Å². The molecular weight excluding hydrogens is 212 g/mol. The maximum Gasteiger partial charge on any atom is 0.231 e. The molecule has 0 bridgehead atoms. The first-order valence-corrected chi connectivity index (χ1v) is 5.51. The summed E-state index contributed by atoms with van der Waals surface area (Å²) in [4.78, 5) is 17.6. The van der Waals surface area contributed by atoms with Gasteiger partial charge in [-0.15, -0.1) is 11.6 Å². The molecule has 0 aliphatic rings. The number of amides is 1. The van der Waals surface area contributed by atoms with Crippen LogP contribution in [0.15, 0.2) is 24.5 Å². The van der Waals surface area contributed by atoms with Crippen LogP contribution in [0.2, 0.25) is 0 Å². The fraction of sp³-hybridized carbons (Fsp3) is 0.455. The Bertz CT molecular complexity index is 316. The summed E-state index contributed by atoms with van der Waals surface area (Å²) in [5.41, 5.74) is 0.870. The van der Waals surface area contributed by atoms with Crippen LogP contribution in [0.5, 0.6) is 0 Å². The summed E-state index contributed by atoms with van der Waals surface area (Å²) in [6.45, 7) is 4.42. The number of halogens is 1. The zero-order chi connectivity index (χ0) is 11.3. The molecule has 0 aromatic carbocycles.